The van der Waals surface area contributed by atoms with Gasteiger partial charge in [0, 0.05) is 17.7 Å². The normalized spacial score (nSPS) is 18.2. The first-order valence-electron chi connectivity index (χ1n) is 3.46. The van der Waals surface area contributed by atoms with Crippen molar-refractivity contribution in [3.63, 3.8) is 0 Å². The van der Waals surface area contributed by atoms with Crippen LogP contribution in [-0.2, 0) is 15.7 Å². The Bertz CT molecular complexity index is 342. The molecule has 0 saturated carbocycles. The van der Waals surface area contributed by atoms with Crippen LogP contribution >= 0.6 is 0 Å². The van der Waals surface area contributed by atoms with Crippen LogP contribution in [0.1, 0.15) is 5.56 Å². The van der Waals surface area contributed by atoms with Crippen LogP contribution in [0.5, 0.6) is 0 Å². The summed E-state index contributed by atoms with van der Waals surface area (Å²) in [5.74, 6) is -1.70. The van der Waals surface area contributed by atoms with Crippen molar-refractivity contribution in [1.29, 1.82) is 0 Å². The van der Waals surface area contributed by atoms with Gasteiger partial charge in [0.1, 0.15) is 0 Å². The summed E-state index contributed by atoms with van der Waals surface area (Å²) in [4.78, 5) is 18.3. The average molecular weight is 183 g/mol. The van der Waals surface area contributed by atoms with Crippen molar-refractivity contribution in [2.75, 3.05) is 0 Å². The Labute approximate surface area is 72.4 Å². The van der Waals surface area contributed by atoms with E-state index in [2.05, 4.69) is 9.78 Å². The lowest BCUT2D eigenvalue weighted by Crippen LogP contribution is -2.05. The maximum Gasteiger partial charge on any atom is 0.365 e. The zero-order chi connectivity index (χ0) is 9.47. The van der Waals surface area contributed by atoms with Gasteiger partial charge in [0.25, 0.3) is 5.69 Å². The molecular weight excluding hydrogens is 178 g/mol. The van der Waals surface area contributed by atoms with Crippen molar-refractivity contribution >= 4 is 5.69 Å². The van der Waals surface area contributed by atoms with Gasteiger partial charge in [-0.3, -0.25) is 10.1 Å². The number of rotatable bonds is 2. The molecule has 0 aliphatic carbocycles. The SMILES string of the molecule is O=[N+]([O-])c1ccc(C2(O)OO2)cc1. The van der Waals surface area contributed by atoms with E-state index in [0.717, 1.165) is 0 Å². The Morgan fingerprint density at radius 1 is 1.31 bits per heavy atom. The van der Waals surface area contributed by atoms with Gasteiger partial charge in [0.15, 0.2) is 0 Å². The summed E-state index contributed by atoms with van der Waals surface area (Å²) in [5, 5.41) is 19.5. The van der Waals surface area contributed by atoms with Crippen LogP contribution in [0.4, 0.5) is 5.69 Å². The summed E-state index contributed by atoms with van der Waals surface area (Å²) in [6, 6.07) is 5.26. The number of nitro groups is 1. The molecule has 1 aromatic carbocycles. The topological polar surface area (TPSA) is 88.4 Å². The molecule has 1 aliphatic rings. The summed E-state index contributed by atoms with van der Waals surface area (Å²) in [6.45, 7) is 0. The lowest BCUT2D eigenvalue weighted by Gasteiger charge is -1.97. The quantitative estimate of drug-likeness (QED) is 0.315. The third kappa shape index (κ3) is 1.37. The zero-order valence-electron chi connectivity index (χ0n) is 6.34. The van der Waals surface area contributed by atoms with Crippen LogP contribution in [0.25, 0.3) is 0 Å². The second kappa shape index (κ2) is 2.49. The molecule has 1 fully saturated rings. The van der Waals surface area contributed by atoms with Crippen LogP contribution in [0.2, 0.25) is 0 Å². The highest BCUT2D eigenvalue weighted by molar-refractivity contribution is 5.34. The molecule has 0 amide bonds. The van der Waals surface area contributed by atoms with Crippen molar-refractivity contribution in [3.8, 4) is 0 Å². The highest BCUT2D eigenvalue weighted by Crippen LogP contribution is 2.37. The lowest BCUT2D eigenvalue weighted by molar-refractivity contribution is -0.384. The monoisotopic (exact) mass is 183 g/mol. The van der Waals surface area contributed by atoms with Crippen LogP contribution in [0, 0.1) is 10.1 Å². The second-order valence-electron chi connectivity index (χ2n) is 2.55. The molecule has 0 aromatic heterocycles. The zero-order valence-corrected chi connectivity index (χ0v) is 6.34. The van der Waals surface area contributed by atoms with Crippen molar-refractivity contribution in [2.24, 2.45) is 0 Å². The molecule has 68 valence electrons. The molecule has 1 heterocycles. The molecule has 13 heavy (non-hydrogen) atoms. The third-order valence-electron chi connectivity index (χ3n) is 1.68. The van der Waals surface area contributed by atoms with Crippen LogP contribution in [-0.4, -0.2) is 10.0 Å². The first-order valence-corrected chi connectivity index (χ1v) is 3.46. The van der Waals surface area contributed by atoms with Crippen LogP contribution in [0.3, 0.4) is 0 Å². The highest BCUT2D eigenvalue weighted by Gasteiger charge is 2.49. The molecule has 6 heteroatoms. The minimum atomic E-state index is -1.70. The van der Waals surface area contributed by atoms with Crippen molar-refractivity contribution in [2.45, 2.75) is 5.97 Å². The Morgan fingerprint density at radius 3 is 2.23 bits per heavy atom. The highest BCUT2D eigenvalue weighted by atomic mass is 17.4. The molecule has 0 spiro atoms. The second-order valence-corrected chi connectivity index (χ2v) is 2.55. The summed E-state index contributed by atoms with van der Waals surface area (Å²) in [7, 11) is 0. The predicted molar refractivity (Wildman–Crippen MR) is 39.2 cm³/mol. The number of aliphatic hydroxyl groups is 1. The number of benzene rings is 1. The van der Waals surface area contributed by atoms with E-state index in [1.165, 1.54) is 24.3 Å². The molecule has 1 aromatic rings. The molecule has 2 rings (SSSR count). The van der Waals surface area contributed by atoms with E-state index in [-0.39, 0.29) is 5.69 Å². The number of hydrogen-bond donors (Lipinski definition) is 1. The Hall–Kier alpha value is -1.50. The molecular formula is C7H5NO5. The summed E-state index contributed by atoms with van der Waals surface area (Å²) in [6.07, 6.45) is 0. The smallest absolute Gasteiger partial charge is 0.336 e. The predicted octanol–water partition coefficient (Wildman–Crippen LogP) is 0.659. The summed E-state index contributed by atoms with van der Waals surface area (Å²) in [5.41, 5.74) is 0.283. The van der Waals surface area contributed by atoms with Crippen molar-refractivity contribution in [3.05, 3.63) is 39.9 Å². The van der Waals surface area contributed by atoms with Gasteiger partial charge in [-0.05, 0) is 12.1 Å². The molecule has 1 saturated heterocycles. The molecule has 6 nitrogen and oxygen atoms in total. The number of nitro benzene ring substituents is 1. The molecule has 0 radical (unpaired) electrons. The first-order chi connectivity index (χ1) is 6.12. The minimum Gasteiger partial charge on any atom is -0.336 e. The van der Waals surface area contributed by atoms with Gasteiger partial charge in [0.05, 0.1) is 4.92 Å². The van der Waals surface area contributed by atoms with E-state index < -0.39 is 10.9 Å². The standard InChI is InChI=1S/C7H5NO5/c9-7(12-13-7)5-1-3-6(4-2-5)8(10)11/h1-4,9H. The van der Waals surface area contributed by atoms with Gasteiger partial charge in [-0.2, -0.15) is 9.78 Å². The minimum absolute atomic E-state index is 0.0481. The molecule has 0 atom stereocenters. The van der Waals surface area contributed by atoms with E-state index in [1.807, 2.05) is 0 Å². The van der Waals surface area contributed by atoms with Gasteiger partial charge < -0.3 is 5.11 Å². The maximum absolute atomic E-state index is 10.3. The van der Waals surface area contributed by atoms with Crippen LogP contribution in [0.15, 0.2) is 24.3 Å². The maximum atomic E-state index is 10.3. The van der Waals surface area contributed by atoms with Gasteiger partial charge in [0.2, 0.25) is 0 Å². The van der Waals surface area contributed by atoms with E-state index >= 15 is 0 Å². The summed E-state index contributed by atoms with van der Waals surface area (Å²) < 4.78 is 0. The lowest BCUT2D eigenvalue weighted by atomic mass is 10.2. The fourth-order valence-electron chi connectivity index (χ4n) is 0.929. The fourth-order valence-corrected chi connectivity index (χ4v) is 0.929. The molecule has 1 aliphatic heterocycles. The van der Waals surface area contributed by atoms with E-state index in [0.29, 0.717) is 5.56 Å². The van der Waals surface area contributed by atoms with Crippen LogP contribution < -0.4 is 0 Å². The van der Waals surface area contributed by atoms with Crippen molar-refractivity contribution in [1.82, 2.24) is 0 Å². The van der Waals surface area contributed by atoms with Gasteiger partial charge >= 0.3 is 5.97 Å². The molecule has 1 N–H and O–H groups in total. The molecule has 0 bridgehead atoms. The van der Waals surface area contributed by atoms with E-state index in [1.54, 1.807) is 0 Å². The average Bonchev–Trinajstić information content (AvgIpc) is 2.85. The summed E-state index contributed by atoms with van der Waals surface area (Å²) >= 11 is 0. The third-order valence-corrected chi connectivity index (χ3v) is 1.68. The largest absolute Gasteiger partial charge is 0.365 e. The molecule has 0 unspecified atom stereocenters. The Kier molecular flexibility index (Phi) is 1.56. The number of hydrogen-bond acceptors (Lipinski definition) is 5. The van der Waals surface area contributed by atoms with Gasteiger partial charge in [-0.15, -0.1) is 0 Å². The first kappa shape index (κ1) is 8.11. The van der Waals surface area contributed by atoms with E-state index in [4.69, 9.17) is 0 Å². The van der Waals surface area contributed by atoms with Crippen molar-refractivity contribution < 1.29 is 19.8 Å². The number of nitrogens with zero attached hydrogens (tertiary/aromatic N) is 1. The van der Waals surface area contributed by atoms with Gasteiger partial charge in [-0.25, -0.2) is 0 Å². The fraction of sp³-hybridized carbons (Fsp3) is 0.143. The van der Waals surface area contributed by atoms with Gasteiger partial charge in [-0.1, -0.05) is 0 Å². The Morgan fingerprint density at radius 2 is 1.85 bits per heavy atom. The Balaban J connectivity index is 2.28. The number of non-ortho nitro benzene ring substituents is 1. The van der Waals surface area contributed by atoms with E-state index in [9.17, 15) is 15.2 Å².